The molecule has 9 aromatic carbocycles. The molecule has 470 valence electrons. The Morgan fingerprint density at radius 1 is 0.333 bits per heavy atom. The third kappa shape index (κ3) is 9.40. The molecule has 0 spiro atoms. The average molecular weight is 1220 g/mol. The van der Waals surface area contributed by atoms with Crippen molar-refractivity contribution in [3.8, 4) is 34.5 Å². The second-order valence-electron chi connectivity index (χ2n) is 33.4. The van der Waals surface area contributed by atoms with Gasteiger partial charge in [-0.3, -0.25) is 0 Å². The Morgan fingerprint density at radius 3 is 1.34 bits per heavy atom. The van der Waals surface area contributed by atoms with Crippen LogP contribution in [0.5, 0.6) is 34.5 Å². The van der Waals surface area contributed by atoms with E-state index in [9.17, 15) is 0 Å². The third-order valence-corrected chi connectivity index (χ3v) is 23.0. The Kier molecular flexibility index (Phi) is 13.5. The summed E-state index contributed by atoms with van der Waals surface area (Å²) in [6.07, 6.45) is 2.93. The molecule has 0 fully saturated rings. The Morgan fingerprint density at radius 2 is 0.774 bits per heavy atom. The molecule has 0 saturated heterocycles. The molecule has 15 rings (SSSR count). The number of fused-ring (bicyclic) bond motifs is 12. The number of nitrogens with one attached hydrogen (secondary N) is 1. The van der Waals surface area contributed by atoms with Crippen molar-refractivity contribution in [1.29, 1.82) is 0 Å². The number of nitrogens with zero attached hydrogens (tertiary/aromatic N) is 2. The van der Waals surface area contributed by atoms with Gasteiger partial charge in [0.1, 0.15) is 34.5 Å². The van der Waals surface area contributed by atoms with Crippen molar-refractivity contribution in [1.82, 2.24) is 0 Å². The minimum atomic E-state index is -0.239. The lowest BCUT2D eigenvalue weighted by molar-refractivity contribution is 0.452. The maximum atomic E-state index is 7.67. The molecular formula is C84H92B3N3O3. The molecule has 0 bridgehead atoms. The third-order valence-electron chi connectivity index (χ3n) is 23.0. The van der Waals surface area contributed by atoms with Crippen LogP contribution in [0.2, 0.25) is 0 Å². The summed E-state index contributed by atoms with van der Waals surface area (Å²) in [4.78, 5) is 5.16. The number of benzene rings is 9. The first-order chi connectivity index (χ1) is 43.8. The lowest BCUT2D eigenvalue weighted by Crippen LogP contribution is -2.64. The molecule has 0 amide bonds. The lowest BCUT2D eigenvalue weighted by atomic mass is 9.29. The van der Waals surface area contributed by atoms with Crippen molar-refractivity contribution in [2.75, 3.05) is 15.1 Å². The van der Waals surface area contributed by atoms with Gasteiger partial charge in [-0.1, -0.05) is 191 Å². The molecule has 9 aromatic rings. The van der Waals surface area contributed by atoms with Crippen molar-refractivity contribution in [3.63, 3.8) is 0 Å². The van der Waals surface area contributed by atoms with Gasteiger partial charge in [0, 0.05) is 57.4 Å². The van der Waals surface area contributed by atoms with Crippen LogP contribution in [0.1, 0.15) is 194 Å². The first-order valence-electron chi connectivity index (χ1n) is 34.6. The molecule has 0 unspecified atom stereocenters. The Bertz CT molecular complexity index is 4660. The van der Waals surface area contributed by atoms with E-state index >= 15 is 0 Å². The van der Waals surface area contributed by atoms with Crippen molar-refractivity contribution < 1.29 is 14.2 Å². The van der Waals surface area contributed by atoms with Crippen molar-refractivity contribution in [3.05, 3.63) is 184 Å². The zero-order chi connectivity index (χ0) is 65.9. The van der Waals surface area contributed by atoms with Crippen LogP contribution >= 0.6 is 0 Å². The van der Waals surface area contributed by atoms with E-state index in [0.717, 1.165) is 98.6 Å². The van der Waals surface area contributed by atoms with Crippen LogP contribution in [0.3, 0.4) is 0 Å². The van der Waals surface area contributed by atoms with Gasteiger partial charge in [-0.2, -0.15) is 0 Å². The summed E-state index contributed by atoms with van der Waals surface area (Å²) in [5.41, 5.74) is 31.0. The molecule has 93 heavy (non-hydrogen) atoms. The zero-order valence-corrected chi connectivity index (χ0v) is 59.2. The van der Waals surface area contributed by atoms with Crippen LogP contribution < -0.4 is 78.5 Å². The smallest absolute Gasteiger partial charge is 0.260 e. The number of aryl methyl sites for hydroxylation is 3. The summed E-state index contributed by atoms with van der Waals surface area (Å²) < 4.78 is 22.5. The van der Waals surface area contributed by atoms with E-state index in [4.69, 9.17) is 14.2 Å². The maximum Gasteiger partial charge on any atom is 0.260 e. The van der Waals surface area contributed by atoms with Gasteiger partial charge in [-0.05, 0) is 221 Å². The van der Waals surface area contributed by atoms with E-state index < -0.39 is 0 Å². The number of ether oxygens (including phenoxy) is 3. The van der Waals surface area contributed by atoms with Crippen LogP contribution in [-0.4, -0.2) is 20.1 Å². The van der Waals surface area contributed by atoms with E-state index in [0.29, 0.717) is 0 Å². The highest BCUT2D eigenvalue weighted by atomic mass is 16.5. The molecule has 9 heteroatoms. The molecule has 6 aliphatic rings. The van der Waals surface area contributed by atoms with Crippen molar-refractivity contribution in [2.24, 2.45) is 0 Å². The molecular weight excluding hydrogens is 1130 g/mol. The molecule has 0 atom stereocenters. The summed E-state index contributed by atoms with van der Waals surface area (Å²) in [5.74, 6) is 5.30. The highest BCUT2D eigenvalue weighted by Gasteiger charge is 2.50. The molecule has 6 nitrogen and oxygen atoms in total. The average Bonchev–Trinajstić information content (AvgIpc) is 0.698. The first-order valence-corrected chi connectivity index (χ1v) is 34.6. The van der Waals surface area contributed by atoms with Crippen LogP contribution in [0.15, 0.2) is 133 Å². The maximum absolute atomic E-state index is 7.67. The molecule has 6 heterocycles. The van der Waals surface area contributed by atoms with Gasteiger partial charge < -0.3 is 29.3 Å². The predicted octanol–water partition coefficient (Wildman–Crippen LogP) is 17.1. The molecule has 0 radical (unpaired) electrons. The fraction of sp³-hybridized carbons (Fsp3) is 0.357. The van der Waals surface area contributed by atoms with E-state index in [-0.39, 0.29) is 52.6 Å². The second kappa shape index (κ2) is 20.5. The molecule has 6 aliphatic heterocycles. The summed E-state index contributed by atoms with van der Waals surface area (Å²) in [6, 6.07) is 52.8. The van der Waals surface area contributed by atoms with E-state index in [1.54, 1.807) is 0 Å². The number of hydrogen-bond donors (Lipinski definition) is 1. The normalized spacial score (nSPS) is 14.9. The van der Waals surface area contributed by atoms with Gasteiger partial charge in [0.15, 0.2) is 0 Å². The largest absolute Gasteiger partial charge is 0.458 e. The first kappa shape index (κ1) is 61.2. The lowest BCUT2D eigenvalue weighted by Gasteiger charge is -2.44. The summed E-state index contributed by atoms with van der Waals surface area (Å²) in [6.45, 7) is 48.4. The Hall–Kier alpha value is -8.03. The van der Waals surface area contributed by atoms with Crippen molar-refractivity contribution in [2.45, 2.75) is 197 Å². The van der Waals surface area contributed by atoms with Crippen molar-refractivity contribution >= 4 is 115 Å². The van der Waals surface area contributed by atoms with Crippen LogP contribution in [0, 0.1) is 20.8 Å². The summed E-state index contributed by atoms with van der Waals surface area (Å²) in [5, 5.41) is 4.19. The SMILES string of the molecule is CCC(C)(C)c1cc2c3c(c1)Oc1cc4c(cc1B3c1cc3c(cc1O2)Nc1cc(C(C)(C)CC)cc2c1B3c1cc(C(C)(C)C)ccc1N2c1ccc(C(C)(C)C)cc1)B1c2cc(C(C)(C)C)ccc2Oc2cc(C(C)(C)CC)cc(c21)N4c1c(C)cc(C)cc1C. The Balaban J connectivity index is 1.01. The van der Waals surface area contributed by atoms with Crippen LogP contribution in [0.25, 0.3) is 0 Å². The standard InChI is InChI=1S/C84H92B3N3O3/c1-22-82(16,17)53-37-64-75-67(38-53)89(56-29-25-50(26-30-56)79(7,8)9)65-31-27-51(80(10,11)12)35-58(65)85(75)57-43-61-70(45-63(57)88-64)92-73-41-55(84(20,21)24-3)42-74-77(73)87(61)62-44-59-66(46-71(62)93-74)90(78-48(5)33-47(4)34-49(78)6)68-39-54(83(18,19)23-2)40-72-76(68)86(59)60-36-52(81(13,14)15)28-32-69(60)91-72/h25-46,88H,22-24H2,1-21H3. The number of anilines is 8. The summed E-state index contributed by atoms with van der Waals surface area (Å²) >= 11 is 0. The van der Waals surface area contributed by atoms with Gasteiger partial charge in [-0.15, -0.1) is 0 Å². The molecule has 1 N–H and O–H groups in total. The van der Waals surface area contributed by atoms with Gasteiger partial charge in [-0.25, -0.2) is 0 Å². The quantitative estimate of drug-likeness (QED) is 0.153. The van der Waals surface area contributed by atoms with E-state index in [2.05, 4.69) is 294 Å². The number of hydrogen-bond acceptors (Lipinski definition) is 6. The monoisotopic (exact) mass is 1220 g/mol. The highest BCUT2D eigenvalue weighted by molar-refractivity contribution is 7.03. The van der Waals surface area contributed by atoms with Gasteiger partial charge in [0.2, 0.25) is 0 Å². The van der Waals surface area contributed by atoms with E-state index in [1.165, 1.54) is 99.9 Å². The fourth-order valence-corrected chi connectivity index (χ4v) is 16.0. The van der Waals surface area contributed by atoms with Crippen LogP contribution in [0.4, 0.5) is 45.5 Å². The van der Waals surface area contributed by atoms with Crippen LogP contribution in [-0.2, 0) is 32.5 Å². The predicted molar refractivity (Wildman–Crippen MR) is 399 cm³/mol. The minimum Gasteiger partial charge on any atom is -0.458 e. The highest BCUT2D eigenvalue weighted by Crippen LogP contribution is 2.50. The molecule has 0 saturated carbocycles. The van der Waals surface area contributed by atoms with E-state index in [1.807, 2.05) is 0 Å². The molecule has 0 aliphatic carbocycles. The Labute approximate surface area is 556 Å². The van der Waals surface area contributed by atoms with Gasteiger partial charge >= 0.3 is 0 Å². The van der Waals surface area contributed by atoms with Gasteiger partial charge in [0.05, 0.1) is 5.69 Å². The minimum absolute atomic E-state index is 0.0171. The topological polar surface area (TPSA) is 46.2 Å². The fourth-order valence-electron chi connectivity index (χ4n) is 16.0. The second-order valence-corrected chi connectivity index (χ2v) is 33.4. The summed E-state index contributed by atoms with van der Waals surface area (Å²) in [7, 11) is 0. The number of rotatable bonds is 8. The van der Waals surface area contributed by atoms with Gasteiger partial charge in [0.25, 0.3) is 20.1 Å². The molecule has 0 aromatic heterocycles. The zero-order valence-electron chi connectivity index (χ0n) is 59.2.